The summed E-state index contributed by atoms with van der Waals surface area (Å²) in [6.07, 6.45) is 7.71. The van der Waals surface area contributed by atoms with Crippen molar-refractivity contribution in [3.05, 3.63) is 46.5 Å². The molecule has 1 radical (unpaired) electrons. The van der Waals surface area contributed by atoms with Gasteiger partial charge in [0.25, 0.3) is 16.6 Å². The first-order valence-electron chi connectivity index (χ1n) is 22.0. The van der Waals surface area contributed by atoms with Gasteiger partial charge in [0, 0.05) is 51.8 Å². The van der Waals surface area contributed by atoms with Crippen LogP contribution in [0.4, 0.5) is 25.2 Å². The average Bonchev–Trinajstić information content (AvgIpc) is 3.06. The van der Waals surface area contributed by atoms with E-state index in [4.69, 9.17) is 18.8 Å². The van der Waals surface area contributed by atoms with Gasteiger partial charge in [-0.15, -0.1) is 0 Å². The second-order valence-electron chi connectivity index (χ2n) is 21.1. The van der Waals surface area contributed by atoms with Crippen molar-refractivity contribution in [2.45, 2.75) is 206 Å². The predicted octanol–water partition coefficient (Wildman–Crippen LogP) is 17.0. The van der Waals surface area contributed by atoms with Crippen LogP contribution in [0, 0.1) is 0 Å². The zero-order chi connectivity index (χ0) is 47.5. The van der Waals surface area contributed by atoms with Crippen LogP contribution < -0.4 is 8.85 Å². The summed E-state index contributed by atoms with van der Waals surface area (Å²) in [5, 5.41) is 23.3. The molecular weight excluding hydrogens is 901 g/mol. The fraction of sp³-hybridized carbons (Fsp3) is 0.696. The molecule has 2 atom stereocenters. The van der Waals surface area contributed by atoms with E-state index in [9.17, 15) is 35.4 Å². The molecule has 0 spiro atoms. The molecule has 2 N–H and O–H groups in total. The molecule has 3 rings (SSSR count). The summed E-state index contributed by atoms with van der Waals surface area (Å²) in [6, 6.07) is 8.02. The van der Waals surface area contributed by atoms with Gasteiger partial charge in [0.15, 0.2) is 0 Å². The first-order chi connectivity index (χ1) is 27.2. The standard InChI is InChI=1S/C46H78N2O4Si2.F6P.Mn/c1-29(2)53(30(3)4,31(5)6)51-37-23-35(43(49)39(25-37)45(13,14)15)27-47-41-21-19-20-22-42(41)48-28-36-24-38(26-40(44(36)50)46(16,17)18)52-54(32(7)8,33(9)10)34(11)12;1-7(2,3,4,5)6;/h23-34,41-42,49-50H,19-22H2,1-18H3;;/q;-1;/t41-,42-;;/m1../s1. The second kappa shape index (κ2) is 20.2. The molecule has 2 aromatic carbocycles. The Hall–Kier alpha value is -2.06. The van der Waals surface area contributed by atoms with Gasteiger partial charge in [0.1, 0.15) is 23.0 Å². The largest absolute Gasteiger partial charge is 0 e. The van der Waals surface area contributed by atoms with Crippen molar-refractivity contribution >= 4 is 36.9 Å². The SMILES string of the molecule is CC(C)[Si](Oc1cc(C=N[C@@H]2CCCC[C@H]2N=Cc2cc(O[Si](C(C)C)(C(C)C)C(C)C)cc(C(C)(C)C)c2O)c(O)c(C(C)(C)C)c1)(C(C)C)C(C)C.F[P-](F)(F)(F)(F)F.[Mn]. The van der Waals surface area contributed by atoms with Crippen LogP contribution >= 0.6 is 7.81 Å². The fourth-order valence-corrected chi connectivity index (χ4v) is 20.1. The third kappa shape index (κ3) is 15.8. The number of aromatic hydroxyl groups is 2. The Morgan fingerprint density at radius 2 is 0.790 bits per heavy atom. The maximum atomic E-state index is 11.7. The predicted molar refractivity (Wildman–Crippen MR) is 252 cm³/mol. The van der Waals surface area contributed by atoms with E-state index in [1.807, 2.05) is 24.6 Å². The van der Waals surface area contributed by atoms with Gasteiger partial charge < -0.3 is 19.1 Å². The van der Waals surface area contributed by atoms with Crippen LogP contribution in [-0.4, -0.2) is 51.4 Å². The molecule has 1 aliphatic rings. The summed E-state index contributed by atoms with van der Waals surface area (Å²) in [7, 11) is -15.1. The molecule has 0 amide bonds. The molecule has 6 nitrogen and oxygen atoms in total. The number of nitrogens with zero attached hydrogens (tertiary/aromatic N) is 2. The van der Waals surface area contributed by atoms with Gasteiger partial charge in [-0.05, 0) is 81.2 Å². The summed E-state index contributed by atoms with van der Waals surface area (Å²) in [5.74, 6) is 2.18. The molecule has 16 heteroatoms. The molecule has 1 aliphatic carbocycles. The van der Waals surface area contributed by atoms with Gasteiger partial charge in [-0.25, -0.2) is 0 Å². The van der Waals surface area contributed by atoms with Crippen molar-refractivity contribution in [3.63, 3.8) is 0 Å². The van der Waals surface area contributed by atoms with Crippen LogP contribution in [0.1, 0.15) is 173 Å². The fourth-order valence-electron chi connectivity index (χ4n) is 9.62. The number of hydrogen-bond donors (Lipinski definition) is 2. The van der Waals surface area contributed by atoms with Crippen LogP contribution in [0.15, 0.2) is 34.3 Å². The monoisotopic (exact) mass is 978 g/mol. The normalized spacial score (nSPS) is 18.4. The van der Waals surface area contributed by atoms with Crippen molar-refractivity contribution in [3.8, 4) is 23.0 Å². The van der Waals surface area contributed by atoms with Crippen LogP contribution in [0.2, 0.25) is 33.2 Å². The summed E-state index contributed by atoms with van der Waals surface area (Å²) < 4.78 is 73.5. The Balaban J connectivity index is 0.00000220. The summed E-state index contributed by atoms with van der Waals surface area (Å²) >= 11 is 0. The average molecular weight is 979 g/mol. The van der Waals surface area contributed by atoms with E-state index >= 15 is 0 Å². The van der Waals surface area contributed by atoms with E-state index in [1.165, 1.54) is 0 Å². The van der Waals surface area contributed by atoms with Crippen molar-refractivity contribution in [2.75, 3.05) is 0 Å². The first-order valence-corrected chi connectivity index (χ1v) is 28.3. The molecule has 2 aromatic rings. The van der Waals surface area contributed by atoms with Crippen molar-refractivity contribution in [1.82, 2.24) is 0 Å². The minimum Gasteiger partial charge on any atom is 0 e. The third-order valence-electron chi connectivity index (χ3n) is 12.3. The topological polar surface area (TPSA) is 83.6 Å². The Bertz CT molecular complexity index is 1690. The van der Waals surface area contributed by atoms with Gasteiger partial charge in [0.2, 0.25) is 0 Å². The van der Waals surface area contributed by atoms with Crippen LogP contribution in [0.3, 0.4) is 0 Å². The van der Waals surface area contributed by atoms with Crippen LogP contribution in [0.25, 0.3) is 0 Å². The zero-order valence-electron chi connectivity index (χ0n) is 40.6. The number of benzene rings is 2. The number of phenols is 2. The zero-order valence-corrected chi connectivity index (χ0v) is 44.7. The molecule has 0 aromatic heterocycles. The second-order valence-corrected chi connectivity index (χ2v) is 33.8. The molecular formula is C46H78F6MnN2O4PSi2-. The van der Waals surface area contributed by atoms with Crippen molar-refractivity contribution in [1.29, 1.82) is 0 Å². The van der Waals surface area contributed by atoms with Gasteiger partial charge in [0.05, 0.1) is 12.1 Å². The van der Waals surface area contributed by atoms with Gasteiger partial charge in [-0.1, -0.05) is 137 Å². The van der Waals surface area contributed by atoms with Gasteiger partial charge >= 0.3 is 33.0 Å². The van der Waals surface area contributed by atoms with E-state index in [-0.39, 0.29) is 51.5 Å². The van der Waals surface area contributed by atoms with Gasteiger partial charge in [-0.3, -0.25) is 9.98 Å². The first kappa shape index (κ1) is 58.0. The number of hydrogen-bond acceptors (Lipinski definition) is 6. The smallest absolute Gasteiger partial charge is 0 e. The third-order valence-corrected chi connectivity index (χ3v) is 24.4. The minimum absolute atomic E-state index is 0. The minimum atomic E-state index is -10.7. The van der Waals surface area contributed by atoms with Crippen molar-refractivity contribution in [2.24, 2.45) is 9.98 Å². The molecule has 359 valence electrons. The molecule has 1 fully saturated rings. The summed E-state index contributed by atoms with van der Waals surface area (Å²) in [4.78, 5) is 10.3. The molecule has 1 saturated carbocycles. The number of phenolic OH excluding ortho intramolecular Hbond substituents is 2. The number of halogens is 6. The number of rotatable bonds is 14. The van der Waals surface area contributed by atoms with E-state index in [1.54, 1.807) is 0 Å². The maximum Gasteiger partial charge on any atom is 0 e. The Morgan fingerprint density at radius 3 is 1.00 bits per heavy atom. The van der Waals surface area contributed by atoms with E-state index < -0.39 is 24.4 Å². The van der Waals surface area contributed by atoms with Gasteiger partial charge in [-0.2, -0.15) is 0 Å². The molecule has 62 heavy (non-hydrogen) atoms. The van der Waals surface area contributed by atoms with Crippen LogP contribution in [-0.2, 0) is 27.9 Å². The summed E-state index contributed by atoms with van der Waals surface area (Å²) in [5.41, 5.74) is 5.12. The summed E-state index contributed by atoms with van der Waals surface area (Å²) in [6.45, 7) is 40.4. The quantitative estimate of drug-likeness (QED) is 0.0855. The van der Waals surface area contributed by atoms with E-state index in [0.717, 1.165) is 48.3 Å². The van der Waals surface area contributed by atoms with E-state index in [0.29, 0.717) is 44.4 Å². The van der Waals surface area contributed by atoms with Crippen LogP contribution in [0.5, 0.6) is 23.0 Å². The Labute approximate surface area is 382 Å². The van der Waals surface area contributed by atoms with E-state index in [2.05, 4.69) is 137 Å². The molecule has 0 aliphatic heterocycles. The van der Waals surface area contributed by atoms with Crippen molar-refractivity contribution < 1.29 is 61.3 Å². The molecule has 0 unspecified atom stereocenters. The molecule has 0 bridgehead atoms. The Kier molecular flexibility index (Phi) is 18.9. The molecule has 0 saturated heterocycles. The maximum absolute atomic E-state index is 11.7. The molecule has 0 heterocycles. The number of aliphatic imine (C=N–C) groups is 2. The Morgan fingerprint density at radius 1 is 0.548 bits per heavy atom.